The van der Waals surface area contributed by atoms with Gasteiger partial charge in [-0.05, 0) is 26.7 Å². The Labute approximate surface area is 162 Å². The summed E-state index contributed by atoms with van der Waals surface area (Å²) in [5.41, 5.74) is 8.64. The summed E-state index contributed by atoms with van der Waals surface area (Å²) in [6, 6.07) is 8.26. The Morgan fingerprint density at radius 1 is 1.35 bits per heavy atom. The van der Waals surface area contributed by atoms with Gasteiger partial charge in [-0.2, -0.15) is 0 Å². The molecule has 2 atom stereocenters. The number of hydrogen-bond donors (Lipinski definition) is 1. The fourth-order valence-electron chi connectivity index (χ4n) is 3.04. The molecular formula is C19H23N3O2S2. The first-order chi connectivity index (χ1) is 12.4. The maximum Gasteiger partial charge on any atom is 0.235 e. The SMILES string of the molecule is Cc1ccc(-c2csc(S[C@@H](C)C(=O)N3CCC[C@H](C(N)=O)C3)n2)cc1. The van der Waals surface area contributed by atoms with Gasteiger partial charge in [0.15, 0.2) is 4.34 Å². The van der Waals surface area contributed by atoms with Gasteiger partial charge in [-0.3, -0.25) is 9.59 Å². The van der Waals surface area contributed by atoms with Crippen molar-refractivity contribution in [3.8, 4) is 11.3 Å². The number of nitrogens with zero attached hydrogens (tertiary/aromatic N) is 2. The molecule has 0 radical (unpaired) electrons. The molecule has 1 aromatic heterocycles. The van der Waals surface area contributed by atoms with Gasteiger partial charge in [0.05, 0.1) is 16.9 Å². The predicted octanol–water partition coefficient (Wildman–Crippen LogP) is 3.32. The fourth-order valence-corrected chi connectivity index (χ4v) is 5.09. The molecule has 0 aliphatic carbocycles. The first kappa shape index (κ1) is 18.9. The highest BCUT2D eigenvalue weighted by Gasteiger charge is 2.30. The van der Waals surface area contributed by atoms with Crippen molar-refractivity contribution in [1.82, 2.24) is 9.88 Å². The van der Waals surface area contributed by atoms with Gasteiger partial charge in [0.1, 0.15) is 0 Å². The van der Waals surface area contributed by atoms with E-state index in [0.717, 1.165) is 28.4 Å². The van der Waals surface area contributed by atoms with Crippen LogP contribution in [0.1, 0.15) is 25.3 Å². The lowest BCUT2D eigenvalue weighted by Gasteiger charge is -2.32. The molecule has 1 saturated heterocycles. The van der Waals surface area contributed by atoms with Crippen LogP contribution >= 0.6 is 23.1 Å². The molecule has 2 heterocycles. The topological polar surface area (TPSA) is 76.3 Å². The van der Waals surface area contributed by atoms with Crippen molar-refractivity contribution in [1.29, 1.82) is 0 Å². The van der Waals surface area contributed by atoms with Crippen LogP contribution in [0.25, 0.3) is 11.3 Å². The van der Waals surface area contributed by atoms with E-state index in [4.69, 9.17) is 5.73 Å². The smallest absolute Gasteiger partial charge is 0.235 e. The molecule has 3 rings (SSSR count). The van der Waals surface area contributed by atoms with Gasteiger partial charge < -0.3 is 10.6 Å². The number of carbonyl (C=O) groups excluding carboxylic acids is 2. The van der Waals surface area contributed by atoms with Crippen LogP contribution in [0.15, 0.2) is 34.0 Å². The number of aromatic nitrogens is 1. The second-order valence-electron chi connectivity index (χ2n) is 6.65. The van der Waals surface area contributed by atoms with Crippen molar-refractivity contribution >= 4 is 34.9 Å². The summed E-state index contributed by atoms with van der Waals surface area (Å²) in [5, 5.41) is 1.78. The summed E-state index contributed by atoms with van der Waals surface area (Å²) >= 11 is 3.03. The Hall–Kier alpha value is -1.86. The summed E-state index contributed by atoms with van der Waals surface area (Å²) in [4.78, 5) is 30.6. The van der Waals surface area contributed by atoms with E-state index in [1.54, 1.807) is 16.2 Å². The van der Waals surface area contributed by atoms with Gasteiger partial charge in [-0.25, -0.2) is 4.98 Å². The molecule has 138 valence electrons. The molecule has 2 aromatic rings. The van der Waals surface area contributed by atoms with E-state index in [1.165, 1.54) is 17.3 Å². The molecular weight excluding hydrogens is 366 g/mol. The third-order valence-electron chi connectivity index (χ3n) is 4.59. The lowest BCUT2D eigenvalue weighted by molar-refractivity contribution is -0.134. The molecule has 7 heteroatoms. The van der Waals surface area contributed by atoms with Gasteiger partial charge in [0.2, 0.25) is 11.8 Å². The number of piperidine rings is 1. The van der Waals surface area contributed by atoms with Crippen LogP contribution in [0.4, 0.5) is 0 Å². The monoisotopic (exact) mass is 389 g/mol. The number of hydrogen-bond acceptors (Lipinski definition) is 5. The van der Waals surface area contributed by atoms with E-state index >= 15 is 0 Å². The van der Waals surface area contributed by atoms with Crippen LogP contribution in [-0.4, -0.2) is 40.0 Å². The summed E-state index contributed by atoms with van der Waals surface area (Å²) in [6.45, 7) is 5.09. The van der Waals surface area contributed by atoms with E-state index in [0.29, 0.717) is 13.1 Å². The summed E-state index contributed by atoms with van der Waals surface area (Å²) in [7, 11) is 0. The Morgan fingerprint density at radius 2 is 2.08 bits per heavy atom. The minimum absolute atomic E-state index is 0.0491. The standard InChI is InChI=1S/C19H23N3O2S2/c1-12-5-7-14(8-6-12)16-11-25-19(21-16)26-13(2)18(24)22-9-3-4-15(10-22)17(20)23/h5-8,11,13,15H,3-4,9-10H2,1-2H3,(H2,20,23)/t13-,15-/m0/s1. The van der Waals surface area contributed by atoms with Crippen LogP contribution in [0, 0.1) is 12.8 Å². The zero-order chi connectivity index (χ0) is 18.7. The average Bonchev–Trinajstić information content (AvgIpc) is 3.10. The number of nitrogens with two attached hydrogens (primary N) is 1. The molecule has 26 heavy (non-hydrogen) atoms. The van der Waals surface area contributed by atoms with E-state index in [-0.39, 0.29) is 23.0 Å². The Balaban J connectivity index is 1.62. The molecule has 0 saturated carbocycles. The molecule has 2 amide bonds. The maximum atomic E-state index is 12.7. The molecule has 0 bridgehead atoms. The second kappa shape index (κ2) is 8.22. The quantitative estimate of drug-likeness (QED) is 0.796. The van der Waals surface area contributed by atoms with Crippen molar-refractivity contribution in [3.63, 3.8) is 0 Å². The first-order valence-corrected chi connectivity index (χ1v) is 10.5. The number of carbonyl (C=O) groups is 2. The Morgan fingerprint density at radius 3 is 2.77 bits per heavy atom. The fraction of sp³-hybridized carbons (Fsp3) is 0.421. The number of benzene rings is 1. The highest BCUT2D eigenvalue weighted by atomic mass is 32.2. The molecule has 1 aliphatic rings. The van der Waals surface area contributed by atoms with Crippen molar-refractivity contribution in [2.24, 2.45) is 11.7 Å². The highest BCUT2D eigenvalue weighted by molar-refractivity contribution is 8.02. The normalized spacial score (nSPS) is 18.5. The van der Waals surface area contributed by atoms with Crippen LogP contribution in [0.5, 0.6) is 0 Å². The molecule has 1 aliphatic heterocycles. The first-order valence-electron chi connectivity index (χ1n) is 8.71. The van der Waals surface area contributed by atoms with Crippen LogP contribution in [-0.2, 0) is 9.59 Å². The summed E-state index contributed by atoms with van der Waals surface area (Å²) in [5.74, 6) is -0.489. The lowest BCUT2D eigenvalue weighted by atomic mass is 9.97. The van der Waals surface area contributed by atoms with E-state index in [9.17, 15) is 9.59 Å². The number of thiazole rings is 1. The Kier molecular flexibility index (Phi) is 5.98. The number of rotatable bonds is 5. The minimum atomic E-state index is -0.314. The third kappa shape index (κ3) is 4.45. The molecule has 1 fully saturated rings. The van der Waals surface area contributed by atoms with Gasteiger partial charge in [-0.15, -0.1) is 11.3 Å². The average molecular weight is 390 g/mol. The van der Waals surface area contributed by atoms with Crippen molar-refractivity contribution in [3.05, 3.63) is 35.2 Å². The minimum Gasteiger partial charge on any atom is -0.369 e. The van der Waals surface area contributed by atoms with Crippen LogP contribution < -0.4 is 5.73 Å². The van der Waals surface area contributed by atoms with E-state index in [1.807, 2.05) is 12.3 Å². The number of aryl methyl sites for hydroxylation is 1. The molecule has 0 unspecified atom stereocenters. The van der Waals surface area contributed by atoms with Crippen molar-refractivity contribution in [2.75, 3.05) is 13.1 Å². The Bertz CT molecular complexity index is 788. The summed E-state index contributed by atoms with van der Waals surface area (Å²) in [6.07, 6.45) is 1.60. The number of thioether (sulfide) groups is 1. The van der Waals surface area contributed by atoms with E-state index in [2.05, 4.69) is 36.2 Å². The van der Waals surface area contributed by atoms with Crippen molar-refractivity contribution in [2.45, 2.75) is 36.3 Å². The largest absolute Gasteiger partial charge is 0.369 e. The lowest BCUT2D eigenvalue weighted by Crippen LogP contribution is -2.46. The molecule has 0 spiro atoms. The molecule has 2 N–H and O–H groups in total. The second-order valence-corrected chi connectivity index (χ2v) is 9.10. The third-order valence-corrected chi connectivity index (χ3v) is 6.65. The highest BCUT2D eigenvalue weighted by Crippen LogP contribution is 2.32. The summed E-state index contributed by atoms with van der Waals surface area (Å²) < 4.78 is 0.880. The van der Waals surface area contributed by atoms with Gasteiger partial charge >= 0.3 is 0 Å². The van der Waals surface area contributed by atoms with E-state index < -0.39 is 0 Å². The van der Waals surface area contributed by atoms with Gasteiger partial charge in [-0.1, -0.05) is 41.6 Å². The number of likely N-dealkylation sites (tertiary alicyclic amines) is 1. The van der Waals surface area contributed by atoms with Crippen molar-refractivity contribution < 1.29 is 9.59 Å². The number of primary amides is 1. The van der Waals surface area contributed by atoms with Gasteiger partial charge in [0.25, 0.3) is 0 Å². The zero-order valence-electron chi connectivity index (χ0n) is 15.0. The number of amides is 2. The molecule has 5 nitrogen and oxygen atoms in total. The van der Waals surface area contributed by atoms with Crippen LogP contribution in [0.2, 0.25) is 0 Å². The van der Waals surface area contributed by atoms with Crippen LogP contribution in [0.3, 0.4) is 0 Å². The molecule has 1 aromatic carbocycles. The predicted molar refractivity (Wildman–Crippen MR) is 106 cm³/mol. The van der Waals surface area contributed by atoms with Gasteiger partial charge in [0, 0.05) is 24.0 Å². The maximum absolute atomic E-state index is 12.7. The zero-order valence-corrected chi connectivity index (χ0v) is 16.6.